The molecule has 0 unspecified atom stereocenters. The normalized spacial score (nSPS) is 24.9. The minimum absolute atomic E-state index is 0.207. The maximum Gasteiger partial charge on any atom is 0.306 e. The molecule has 1 spiro atoms. The highest BCUT2D eigenvalue weighted by Gasteiger charge is 2.51. The van der Waals surface area contributed by atoms with Crippen molar-refractivity contribution in [2.45, 2.75) is 69.9 Å². The summed E-state index contributed by atoms with van der Waals surface area (Å²) < 4.78 is 19.6. The first kappa shape index (κ1) is 24.4. The van der Waals surface area contributed by atoms with Crippen molar-refractivity contribution in [1.82, 2.24) is 4.90 Å². The van der Waals surface area contributed by atoms with Gasteiger partial charge in [0.25, 0.3) is 0 Å². The van der Waals surface area contributed by atoms with Crippen molar-refractivity contribution in [3.8, 4) is 16.9 Å². The molecule has 2 aliphatic carbocycles. The van der Waals surface area contributed by atoms with Crippen LogP contribution in [0.1, 0.15) is 68.9 Å². The first-order valence-corrected chi connectivity index (χ1v) is 13.7. The average molecular weight is 507 g/mol. The van der Waals surface area contributed by atoms with Crippen LogP contribution in [0.5, 0.6) is 5.75 Å². The number of ether oxygens (including phenoxy) is 1. The molecule has 6 nitrogen and oxygen atoms in total. The first-order valence-electron chi connectivity index (χ1n) is 13.7. The Morgan fingerprint density at radius 2 is 1.81 bits per heavy atom. The Bertz CT molecular complexity index is 1190. The maximum absolute atomic E-state index is 13.6. The van der Waals surface area contributed by atoms with E-state index >= 15 is 0 Å². The van der Waals surface area contributed by atoms with Crippen LogP contribution in [-0.2, 0) is 16.2 Å². The molecule has 2 aliphatic heterocycles. The largest absolute Gasteiger partial charge is 0.494 e. The number of carboxylic acids is 1. The summed E-state index contributed by atoms with van der Waals surface area (Å²) >= 11 is 0. The fourth-order valence-corrected chi connectivity index (χ4v) is 6.40. The van der Waals surface area contributed by atoms with Gasteiger partial charge >= 0.3 is 5.97 Å². The Hall–Kier alpha value is -2.93. The second-order valence-electron chi connectivity index (χ2n) is 11.3. The average Bonchev–Trinajstić information content (AvgIpc) is 3.63. The zero-order valence-corrected chi connectivity index (χ0v) is 21.4. The van der Waals surface area contributed by atoms with E-state index in [9.17, 15) is 14.3 Å². The molecule has 0 atom stereocenters. The van der Waals surface area contributed by atoms with E-state index in [1.54, 1.807) is 0 Å². The SMILES string of the molecule is CCOc1cc(-c2ccc(F)cc2)c(C2CC2)cc1CN1CC2(CC(C3CCC(C(=O)O)CC3)=NO2)C1. The Labute approximate surface area is 217 Å². The van der Waals surface area contributed by atoms with E-state index in [2.05, 4.69) is 22.2 Å². The van der Waals surface area contributed by atoms with Crippen molar-refractivity contribution < 1.29 is 23.9 Å². The van der Waals surface area contributed by atoms with Crippen molar-refractivity contribution in [2.24, 2.45) is 17.0 Å². The van der Waals surface area contributed by atoms with Gasteiger partial charge in [-0.3, -0.25) is 9.69 Å². The summed E-state index contributed by atoms with van der Waals surface area (Å²) in [5.41, 5.74) is 5.58. The van der Waals surface area contributed by atoms with Crippen LogP contribution in [0.15, 0.2) is 41.6 Å². The van der Waals surface area contributed by atoms with Crippen LogP contribution < -0.4 is 4.74 Å². The number of benzene rings is 2. The summed E-state index contributed by atoms with van der Waals surface area (Å²) in [4.78, 5) is 19.7. The summed E-state index contributed by atoms with van der Waals surface area (Å²) in [7, 11) is 0. The second-order valence-corrected chi connectivity index (χ2v) is 11.3. The number of oxime groups is 1. The molecule has 2 saturated carbocycles. The van der Waals surface area contributed by atoms with Gasteiger partial charge in [-0.1, -0.05) is 17.3 Å². The van der Waals surface area contributed by atoms with Gasteiger partial charge in [-0.25, -0.2) is 4.39 Å². The van der Waals surface area contributed by atoms with E-state index in [1.165, 1.54) is 36.1 Å². The van der Waals surface area contributed by atoms with Gasteiger partial charge in [-0.15, -0.1) is 0 Å². The van der Waals surface area contributed by atoms with Crippen LogP contribution in [0.4, 0.5) is 4.39 Å². The van der Waals surface area contributed by atoms with E-state index in [1.807, 2.05) is 19.1 Å². The van der Waals surface area contributed by atoms with Crippen molar-refractivity contribution in [1.29, 1.82) is 0 Å². The quantitative estimate of drug-likeness (QED) is 0.476. The van der Waals surface area contributed by atoms with Crippen LogP contribution in [0, 0.1) is 17.7 Å². The second kappa shape index (κ2) is 9.75. The lowest BCUT2D eigenvalue weighted by Crippen LogP contribution is -2.61. The standard InChI is InChI=1S/C30H35FN2O4/c1-2-36-28-14-26(20-9-11-24(31)12-10-20)25(19-3-4-19)13-23(28)16-33-17-30(18-33)15-27(32-37-30)21-5-7-22(8-6-21)29(34)35/h9-14,19,21-22H,2-8,15-18H2,1H3,(H,34,35). The first-order chi connectivity index (χ1) is 17.9. The Morgan fingerprint density at radius 1 is 1.11 bits per heavy atom. The fraction of sp³-hybridized carbons (Fsp3) is 0.533. The van der Waals surface area contributed by atoms with Crippen LogP contribution in [-0.4, -0.2) is 47.0 Å². The molecule has 0 amide bonds. The third-order valence-corrected chi connectivity index (χ3v) is 8.53. The van der Waals surface area contributed by atoms with Gasteiger partial charge in [0.2, 0.25) is 0 Å². The third-order valence-electron chi connectivity index (χ3n) is 8.53. The Balaban J connectivity index is 1.13. The van der Waals surface area contributed by atoms with E-state index in [-0.39, 0.29) is 17.3 Å². The molecule has 2 heterocycles. The molecular weight excluding hydrogens is 471 g/mol. The lowest BCUT2D eigenvalue weighted by molar-refractivity contribution is -0.142. The van der Waals surface area contributed by atoms with Gasteiger partial charge in [0.1, 0.15) is 11.6 Å². The van der Waals surface area contributed by atoms with Gasteiger partial charge in [0.05, 0.1) is 18.2 Å². The molecule has 4 aliphatic rings. The number of aliphatic carboxylic acids is 1. The van der Waals surface area contributed by atoms with Gasteiger partial charge in [-0.05, 0) is 92.3 Å². The van der Waals surface area contributed by atoms with Crippen molar-refractivity contribution in [3.05, 3.63) is 53.3 Å². The number of rotatable bonds is 8. The number of carboxylic acid groups (broad SMARTS) is 1. The highest BCUT2D eigenvalue weighted by molar-refractivity contribution is 5.89. The Morgan fingerprint density at radius 3 is 2.46 bits per heavy atom. The summed E-state index contributed by atoms with van der Waals surface area (Å²) in [6, 6.07) is 11.2. The summed E-state index contributed by atoms with van der Waals surface area (Å²) in [6.45, 7) is 5.04. The summed E-state index contributed by atoms with van der Waals surface area (Å²) in [5, 5.41) is 13.8. The highest BCUT2D eigenvalue weighted by atomic mass is 19.1. The Kier molecular flexibility index (Phi) is 6.43. The molecule has 0 bridgehead atoms. The molecule has 7 heteroatoms. The maximum atomic E-state index is 13.6. The minimum Gasteiger partial charge on any atom is -0.494 e. The molecule has 2 aromatic carbocycles. The fourth-order valence-electron chi connectivity index (χ4n) is 6.40. The third kappa shape index (κ3) is 4.98. The number of carbonyl (C=O) groups is 1. The predicted molar refractivity (Wildman–Crippen MR) is 139 cm³/mol. The molecule has 196 valence electrons. The molecule has 0 aromatic heterocycles. The van der Waals surface area contributed by atoms with Crippen molar-refractivity contribution in [2.75, 3.05) is 19.7 Å². The predicted octanol–water partition coefficient (Wildman–Crippen LogP) is 5.99. The monoisotopic (exact) mass is 506 g/mol. The van der Waals surface area contributed by atoms with E-state index < -0.39 is 5.97 Å². The van der Waals surface area contributed by atoms with Crippen LogP contribution in [0.2, 0.25) is 0 Å². The molecule has 37 heavy (non-hydrogen) atoms. The number of hydrogen-bond donors (Lipinski definition) is 1. The zero-order chi connectivity index (χ0) is 25.6. The summed E-state index contributed by atoms with van der Waals surface area (Å²) in [5.74, 6) is 0.708. The molecule has 6 rings (SSSR count). The summed E-state index contributed by atoms with van der Waals surface area (Å²) in [6.07, 6.45) is 6.47. The molecule has 1 N–H and O–H groups in total. The molecule has 0 radical (unpaired) electrons. The molecule has 2 aromatic rings. The van der Waals surface area contributed by atoms with E-state index in [0.29, 0.717) is 18.4 Å². The molecule has 1 saturated heterocycles. The van der Waals surface area contributed by atoms with Gasteiger partial charge < -0.3 is 14.7 Å². The minimum atomic E-state index is -0.670. The number of likely N-dealkylation sites (tertiary alicyclic amines) is 1. The highest BCUT2D eigenvalue weighted by Crippen LogP contribution is 2.47. The van der Waals surface area contributed by atoms with Gasteiger partial charge in [0, 0.05) is 37.5 Å². The number of hydrogen-bond acceptors (Lipinski definition) is 5. The van der Waals surface area contributed by atoms with E-state index in [4.69, 9.17) is 9.57 Å². The van der Waals surface area contributed by atoms with Gasteiger partial charge in [0.15, 0.2) is 5.60 Å². The lowest BCUT2D eigenvalue weighted by Gasteiger charge is -2.45. The topological polar surface area (TPSA) is 71.4 Å². The van der Waals surface area contributed by atoms with Crippen molar-refractivity contribution in [3.63, 3.8) is 0 Å². The van der Waals surface area contributed by atoms with Crippen LogP contribution >= 0.6 is 0 Å². The molecular formula is C30H35FN2O4. The zero-order valence-electron chi connectivity index (χ0n) is 21.4. The van der Waals surface area contributed by atoms with Crippen molar-refractivity contribution >= 4 is 11.7 Å². The number of nitrogens with zero attached hydrogens (tertiary/aromatic N) is 2. The smallest absolute Gasteiger partial charge is 0.306 e. The van der Waals surface area contributed by atoms with Crippen LogP contribution in [0.25, 0.3) is 11.1 Å². The van der Waals surface area contributed by atoms with Gasteiger partial charge in [-0.2, -0.15) is 0 Å². The lowest BCUT2D eigenvalue weighted by atomic mass is 9.76. The molecule has 3 fully saturated rings. The number of halogens is 1. The van der Waals surface area contributed by atoms with E-state index in [0.717, 1.165) is 74.3 Å². The van der Waals surface area contributed by atoms with Crippen LogP contribution in [0.3, 0.4) is 0 Å².